The van der Waals surface area contributed by atoms with Crippen LogP contribution in [-0.4, -0.2) is 12.5 Å². The number of carbonyl (C=O) groups excluding carboxylic acids is 1. The topological polar surface area (TPSA) is 52.9 Å². The molecular weight excluding hydrogens is 315 g/mol. The van der Waals surface area contributed by atoms with Crippen molar-refractivity contribution < 1.29 is 4.79 Å². The number of carbonyl (C=O) groups is 1. The van der Waals surface area contributed by atoms with Gasteiger partial charge in [0.15, 0.2) is 0 Å². The summed E-state index contributed by atoms with van der Waals surface area (Å²) in [7, 11) is 0. The van der Waals surface area contributed by atoms with Crippen molar-refractivity contribution in [3.8, 4) is 6.07 Å². The number of halogens is 1. The summed E-state index contributed by atoms with van der Waals surface area (Å²) in [4.78, 5) is 11.3. The van der Waals surface area contributed by atoms with Gasteiger partial charge < -0.3 is 5.32 Å². The van der Waals surface area contributed by atoms with Crippen LogP contribution in [0, 0.1) is 14.9 Å². The molecule has 16 heavy (non-hydrogen) atoms. The van der Waals surface area contributed by atoms with E-state index in [0.29, 0.717) is 24.9 Å². The molecule has 0 aliphatic carbocycles. The third-order valence-electron chi connectivity index (χ3n) is 2.17. The van der Waals surface area contributed by atoms with Gasteiger partial charge in [-0.2, -0.15) is 5.26 Å². The molecule has 0 atom stereocenters. The Morgan fingerprint density at radius 2 is 2.31 bits per heavy atom. The minimum absolute atomic E-state index is 0.0562. The van der Waals surface area contributed by atoms with Crippen LogP contribution in [0.25, 0.3) is 0 Å². The van der Waals surface area contributed by atoms with Crippen LogP contribution in [0.3, 0.4) is 0 Å². The Balaban J connectivity index is 2.66. The summed E-state index contributed by atoms with van der Waals surface area (Å²) in [5.41, 5.74) is 1.71. The molecule has 84 valence electrons. The van der Waals surface area contributed by atoms with Crippen molar-refractivity contribution in [2.45, 2.75) is 19.8 Å². The predicted octanol–water partition coefficient (Wildman–Crippen LogP) is 2.23. The normalized spacial score (nSPS) is 9.56. The van der Waals surface area contributed by atoms with Crippen molar-refractivity contribution in [1.29, 1.82) is 5.26 Å². The zero-order valence-electron chi connectivity index (χ0n) is 9.09. The van der Waals surface area contributed by atoms with Gasteiger partial charge in [-0.15, -0.1) is 0 Å². The first kappa shape index (κ1) is 13.0. The zero-order valence-corrected chi connectivity index (χ0v) is 11.2. The van der Waals surface area contributed by atoms with E-state index in [2.05, 4.69) is 34.0 Å². The number of benzene rings is 1. The SMILES string of the molecule is CCNC(=O)CCc1cc(C#N)ccc1I. The van der Waals surface area contributed by atoms with Gasteiger partial charge in [0.1, 0.15) is 0 Å². The van der Waals surface area contributed by atoms with Gasteiger partial charge >= 0.3 is 0 Å². The van der Waals surface area contributed by atoms with E-state index in [0.717, 1.165) is 9.13 Å². The fraction of sp³-hybridized carbons (Fsp3) is 0.333. The molecule has 0 bridgehead atoms. The summed E-state index contributed by atoms with van der Waals surface area (Å²) in [6.07, 6.45) is 1.15. The lowest BCUT2D eigenvalue weighted by atomic mass is 10.1. The summed E-state index contributed by atoms with van der Waals surface area (Å²) in [6.45, 7) is 2.56. The molecule has 3 nitrogen and oxygen atoms in total. The molecule has 0 aliphatic rings. The third kappa shape index (κ3) is 3.81. The van der Waals surface area contributed by atoms with Crippen molar-refractivity contribution in [3.63, 3.8) is 0 Å². The Morgan fingerprint density at radius 3 is 2.94 bits per heavy atom. The quantitative estimate of drug-likeness (QED) is 0.862. The Morgan fingerprint density at radius 1 is 1.56 bits per heavy atom. The molecule has 4 heteroatoms. The Labute approximate surface area is 109 Å². The van der Waals surface area contributed by atoms with Gasteiger partial charge in [0.2, 0.25) is 5.91 Å². The minimum Gasteiger partial charge on any atom is -0.356 e. The lowest BCUT2D eigenvalue weighted by Gasteiger charge is -2.05. The van der Waals surface area contributed by atoms with Crippen molar-refractivity contribution in [3.05, 3.63) is 32.9 Å². The summed E-state index contributed by atoms with van der Waals surface area (Å²) < 4.78 is 1.10. The summed E-state index contributed by atoms with van der Waals surface area (Å²) >= 11 is 2.22. The Kier molecular flexibility index (Phi) is 5.26. The van der Waals surface area contributed by atoms with Crippen molar-refractivity contribution in [1.82, 2.24) is 5.32 Å². The molecule has 1 N–H and O–H groups in total. The highest BCUT2D eigenvalue weighted by atomic mass is 127. The molecule has 0 spiro atoms. The maximum atomic E-state index is 11.3. The molecule has 0 fully saturated rings. The average Bonchev–Trinajstić information content (AvgIpc) is 2.28. The highest BCUT2D eigenvalue weighted by molar-refractivity contribution is 14.1. The lowest BCUT2D eigenvalue weighted by molar-refractivity contribution is -0.120. The number of hydrogen-bond acceptors (Lipinski definition) is 2. The van der Waals surface area contributed by atoms with E-state index in [4.69, 9.17) is 5.26 Å². The van der Waals surface area contributed by atoms with E-state index in [1.165, 1.54) is 0 Å². The highest BCUT2D eigenvalue weighted by Gasteiger charge is 2.05. The van der Waals surface area contributed by atoms with E-state index in [1.54, 1.807) is 6.07 Å². The summed E-state index contributed by atoms with van der Waals surface area (Å²) in [5.74, 6) is 0.0562. The van der Waals surface area contributed by atoms with Gasteiger partial charge in [0.25, 0.3) is 0 Å². The van der Waals surface area contributed by atoms with Crippen LogP contribution in [-0.2, 0) is 11.2 Å². The molecule has 1 aromatic rings. The van der Waals surface area contributed by atoms with Gasteiger partial charge in [-0.1, -0.05) is 0 Å². The number of nitrogens with zero attached hydrogens (tertiary/aromatic N) is 1. The lowest BCUT2D eigenvalue weighted by Crippen LogP contribution is -2.22. The second-order valence-electron chi connectivity index (χ2n) is 3.37. The van der Waals surface area contributed by atoms with Crippen LogP contribution >= 0.6 is 22.6 Å². The molecular formula is C12H13IN2O. The van der Waals surface area contributed by atoms with E-state index < -0.39 is 0 Å². The van der Waals surface area contributed by atoms with Crippen molar-refractivity contribution in [2.75, 3.05) is 6.54 Å². The smallest absolute Gasteiger partial charge is 0.220 e. The molecule has 0 aromatic heterocycles. The van der Waals surface area contributed by atoms with Gasteiger partial charge in [-0.3, -0.25) is 4.79 Å². The number of nitriles is 1. The van der Waals surface area contributed by atoms with E-state index in [9.17, 15) is 4.79 Å². The molecule has 0 radical (unpaired) electrons. The van der Waals surface area contributed by atoms with Gasteiger partial charge in [0, 0.05) is 16.5 Å². The maximum Gasteiger partial charge on any atom is 0.220 e. The van der Waals surface area contributed by atoms with Crippen molar-refractivity contribution in [2.24, 2.45) is 0 Å². The largest absolute Gasteiger partial charge is 0.356 e. The summed E-state index contributed by atoms with van der Waals surface area (Å²) in [5, 5.41) is 11.5. The molecule has 0 aliphatic heterocycles. The number of aryl methyl sites for hydroxylation is 1. The number of hydrogen-bond donors (Lipinski definition) is 1. The fourth-order valence-corrected chi connectivity index (χ4v) is 1.97. The Bertz CT molecular complexity index is 424. The number of nitrogens with one attached hydrogen (secondary N) is 1. The standard InChI is InChI=1S/C12H13IN2O/c1-2-15-12(16)6-4-10-7-9(8-14)3-5-11(10)13/h3,5,7H,2,4,6H2,1H3,(H,15,16). The molecule has 1 aromatic carbocycles. The van der Waals surface area contributed by atoms with Crippen LogP contribution in [0.15, 0.2) is 18.2 Å². The molecule has 1 rings (SSSR count). The highest BCUT2D eigenvalue weighted by Crippen LogP contribution is 2.15. The molecule has 0 unspecified atom stereocenters. The maximum absolute atomic E-state index is 11.3. The summed E-state index contributed by atoms with van der Waals surface area (Å²) in [6, 6.07) is 7.65. The predicted molar refractivity (Wildman–Crippen MR) is 70.9 cm³/mol. The first-order valence-corrected chi connectivity index (χ1v) is 6.20. The van der Waals surface area contributed by atoms with Crippen LogP contribution < -0.4 is 5.32 Å². The minimum atomic E-state index is 0.0562. The van der Waals surface area contributed by atoms with Crippen LogP contribution in [0.5, 0.6) is 0 Å². The average molecular weight is 328 g/mol. The van der Waals surface area contributed by atoms with Gasteiger partial charge in [-0.05, 0) is 59.7 Å². The molecule has 0 saturated carbocycles. The van der Waals surface area contributed by atoms with E-state index in [-0.39, 0.29) is 5.91 Å². The second-order valence-corrected chi connectivity index (χ2v) is 4.53. The van der Waals surface area contributed by atoms with Crippen LogP contribution in [0.1, 0.15) is 24.5 Å². The first-order valence-electron chi connectivity index (χ1n) is 5.12. The number of amides is 1. The zero-order chi connectivity index (χ0) is 12.0. The fourth-order valence-electron chi connectivity index (χ4n) is 1.37. The third-order valence-corrected chi connectivity index (χ3v) is 3.22. The van der Waals surface area contributed by atoms with E-state index in [1.807, 2.05) is 19.1 Å². The first-order chi connectivity index (χ1) is 7.67. The van der Waals surface area contributed by atoms with Crippen LogP contribution in [0.2, 0.25) is 0 Å². The second kappa shape index (κ2) is 6.48. The van der Waals surface area contributed by atoms with Crippen LogP contribution in [0.4, 0.5) is 0 Å². The van der Waals surface area contributed by atoms with Crippen molar-refractivity contribution >= 4 is 28.5 Å². The Hall–Kier alpha value is -1.09. The molecule has 1 amide bonds. The molecule has 0 heterocycles. The number of rotatable bonds is 4. The monoisotopic (exact) mass is 328 g/mol. The van der Waals surface area contributed by atoms with E-state index >= 15 is 0 Å². The molecule has 0 saturated heterocycles. The van der Waals surface area contributed by atoms with Gasteiger partial charge in [0.05, 0.1) is 11.6 Å². The van der Waals surface area contributed by atoms with Gasteiger partial charge in [-0.25, -0.2) is 0 Å².